The summed E-state index contributed by atoms with van der Waals surface area (Å²) in [6.45, 7) is 3.19. The molecule has 0 saturated carbocycles. The van der Waals surface area contributed by atoms with E-state index in [0.717, 1.165) is 17.9 Å². The highest BCUT2D eigenvalue weighted by atomic mass is 16.5. The van der Waals surface area contributed by atoms with E-state index < -0.39 is 12.1 Å². The van der Waals surface area contributed by atoms with Crippen LogP contribution in [0.1, 0.15) is 19.8 Å². The van der Waals surface area contributed by atoms with E-state index in [1.807, 2.05) is 31.2 Å². The van der Waals surface area contributed by atoms with E-state index in [1.54, 1.807) is 0 Å². The zero-order valence-corrected chi connectivity index (χ0v) is 11.0. The topological polar surface area (TPSA) is 67.8 Å². The van der Waals surface area contributed by atoms with Crippen LogP contribution in [0, 0.1) is 0 Å². The van der Waals surface area contributed by atoms with Gasteiger partial charge in [-0.2, -0.15) is 0 Å². The second kappa shape index (κ2) is 6.43. The van der Waals surface area contributed by atoms with E-state index in [0.29, 0.717) is 19.6 Å². The van der Waals surface area contributed by atoms with Crippen molar-refractivity contribution in [1.82, 2.24) is 0 Å². The number of nitrogens with one attached hydrogen (secondary N) is 1. The molecule has 1 saturated heterocycles. The molecule has 0 aliphatic carbocycles. The van der Waals surface area contributed by atoms with Crippen LogP contribution in [0.15, 0.2) is 24.3 Å². The lowest BCUT2D eigenvalue weighted by Gasteiger charge is -2.14. The molecule has 1 aliphatic rings. The molecular formula is C14H19NO4. The van der Waals surface area contributed by atoms with Gasteiger partial charge in [0.2, 0.25) is 0 Å². The Hall–Kier alpha value is -1.75. The summed E-state index contributed by atoms with van der Waals surface area (Å²) in [6.07, 6.45) is 0.661. The Kier molecular flexibility index (Phi) is 4.63. The summed E-state index contributed by atoms with van der Waals surface area (Å²) in [4.78, 5) is 10.8. The fourth-order valence-electron chi connectivity index (χ4n) is 2.13. The number of hydrogen-bond acceptors (Lipinski definition) is 4. The number of ether oxygens (including phenoxy) is 2. The summed E-state index contributed by atoms with van der Waals surface area (Å²) >= 11 is 0. The number of benzene rings is 1. The van der Waals surface area contributed by atoms with E-state index in [1.165, 1.54) is 0 Å². The molecule has 2 atom stereocenters. The first kappa shape index (κ1) is 13.7. The highest BCUT2D eigenvalue weighted by Crippen LogP contribution is 2.22. The minimum atomic E-state index is -0.874. The zero-order chi connectivity index (χ0) is 13.7. The minimum absolute atomic E-state index is 0.0446. The molecule has 0 bridgehead atoms. The molecule has 1 heterocycles. The molecule has 0 aromatic heterocycles. The first-order chi connectivity index (χ1) is 9.19. The van der Waals surface area contributed by atoms with Gasteiger partial charge in [0, 0.05) is 18.3 Å². The van der Waals surface area contributed by atoms with Crippen molar-refractivity contribution in [1.29, 1.82) is 0 Å². The van der Waals surface area contributed by atoms with Crippen LogP contribution in [0.2, 0.25) is 0 Å². The van der Waals surface area contributed by atoms with E-state index in [-0.39, 0.29) is 6.10 Å². The summed E-state index contributed by atoms with van der Waals surface area (Å²) in [5.74, 6) is -0.0518. The lowest BCUT2D eigenvalue weighted by Crippen LogP contribution is -2.24. The third-order valence-corrected chi connectivity index (χ3v) is 3.06. The lowest BCUT2D eigenvalue weighted by molar-refractivity contribution is -0.149. The van der Waals surface area contributed by atoms with Crippen LogP contribution < -0.4 is 10.1 Å². The van der Waals surface area contributed by atoms with Crippen molar-refractivity contribution in [2.24, 2.45) is 0 Å². The monoisotopic (exact) mass is 265 g/mol. The first-order valence-corrected chi connectivity index (χ1v) is 6.54. The van der Waals surface area contributed by atoms with Crippen LogP contribution in [0.5, 0.6) is 5.75 Å². The molecule has 2 unspecified atom stereocenters. The Morgan fingerprint density at radius 2 is 2.37 bits per heavy atom. The molecule has 5 nitrogen and oxygen atoms in total. The van der Waals surface area contributed by atoms with Crippen molar-refractivity contribution in [2.75, 3.05) is 18.5 Å². The van der Waals surface area contributed by atoms with Gasteiger partial charge < -0.3 is 19.9 Å². The van der Waals surface area contributed by atoms with Crippen LogP contribution in [0.3, 0.4) is 0 Å². The average molecular weight is 265 g/mol. The number of rotatable bonds is 6. The Morgan fingerprint density at radius 3 is 3.05 bits per heavy atom. The normalized spacial score (nSPS) is 22.2. The summed E-state index contributed by atoms with van der Waals surface area (Å²) in [5.41, 5.74) is 0.952. The molecule has 1 fully saturated rings. The highest BCUT2D eigenvalue weighted by molar-refractivity contribution is 5.72. The SMILES string of the molecule is CCOc1cccc(NCC2CCC(C(=O)O)O2)c1. The van der Waals surface area contributed by atoms with Gasteiger partial charge in [-0.15, -0.1) is 0 Å². The van der Waals surface area contributed by atoms with Gasteiger partial charge in [0.1, 0.15) is 5.75 Å². The van der Waals surface area contributed by atoms with Crippen LogP contribution in [-0.2, 0) is 9.53 Å². The fraction of sp³-hybridized carbons (Fsp3) is 0.500. The predicted octanol–water partition coefficient (Wildman–Crippen LogP) is 2.13. The van der Waals surface area contributed by atoms with Gasteiger partial charge in [0.15, 0.2) is 6.10 Å². The molecule has 0 radical (unpaired) electrons. The Bertz CT molecular complexity index is 435. The van der Waals surface area contributed by atoms with Gasteiger partial charge in [0.05, 0.1) is 12.7 Å². The predicted molar refractivity (Wildman–Crippen MR) is 71.6 cm³/mol. The summed E-state index contributed by atoms with van der Waals surface area (Å²) in [5, 5.41) is 12.1. The average Bonchev–Trinajstić information content (AvgIpc) is 2.86. The molecule has 2 N–H and O–H groups in total. The molecule has 0 amide bonds. The quantitative estimate of drug-likeness (QED) is 0.824. The summed E-state index contributed by atoms with van der Waals surface area (Å²) < 4.78 is 10.8. The van der Waals surface area contributed by atoms with Crippen molar-refractivity contribution < 1.29 is 19.4 Å². The fourth-order valence-corrected chi connectivity index (χ4v) is 2.13. The van der Waals surface area contributed by atoms with Crippen molar-refractivity contribution >= 4 is 11.7 Å². The number of carboxylic acids is 1. The van der Waals surface area contributed by atoms with Gasteiger partial charge in [0.25, 0.3) is 0 Å². The van der Waals surface area contributed by atoms with Gasteiger partial charge in [-0.25, -0.2) is 4.79 Å². The van der Waals surface area contributed by atoms with Gasteiger partial charge in [-0.3, -0.25) is 0 Å². The third kappa shape index (κ3) is 3.86. The van der Waals surface area contributed by atoms with Crippen LogP contribution in [-0.4, -0.2) is 36.4 Å². The number of hydrogen-bond donors (Lipinski definition) is 2. The van der Waals surface area contributed by atoms with Crippen molar-refractivity contribution in [3.8, 4) is 5.75 Å². The van der Waals surface area contributed by atoms with Crippen molar-refractivity contribution in [3.05, 3.63) is 24.3 Å². The summed E-state index contributed by atoms with van der Waals surface area (Å²) in [7, 11) is 0. The molecular weight excluding hydrogens is 246 g/mol. The second-order valence-electron chi connectivity index (χ2n) is 4.50. The Balaban J connectivity index is 1.82. The summed E-state index contributed by atoms with van der Waals surface area (Å²) in [6, 6.07) is 7.70. The number of carboxylic acid groups (broad SMARTS) is 1. The zero-order valence-electron chi connectivity index (χ0n) is 11.0. The van der Waals surface area contributed by atoms with E-state index in [2.05, 4.69) is 5.32 Å². The van der Waals surface area contributed by atoms with Crippen LogP contribution in [0.4, 0.5) is 5.69 Å². The molecule has 19 heavy (non-hydrogen) atoms. The Morgan fingerprint density at radius 1 is 1.53 bits per heavy atom. The van der Waals surface area contributed by atoms with Crippen molar-refractivity contribution in [2.45, 2.75) is 32.0 Å². The number of anilines is 1. The highest BCUT2D eigenvalue weighted by Gasteiger charge is 2.30. The van der Waals surface area contributed by atoms with Crippen LogP contribution in [0.25, 0.3) is 0 Å². The minimum Gasteiger partial charge on any atom is -0.494 e. The molecule has 1 aromatic rings. The van der Waals surface area contributed by atoms with Gasteiger partial charge in [-0.05, 0) is 31.9 Å². The lowest BCUT2D eigenvalue weighted by atomic mass is 10.2. The van der Waals surface area contributed by atoms with Crippen LogP contribution >= 0.6 is 0 Å². The van der Waals surface area contributed by atoms with E-state index in [9.17, 15) is 4.79 Å². The smallest absolute Gasteiger partial charge is 0.332 e. The number of aliphatic carboxylic acids is 1. The standard InChI is InChI=1S/C14H19NO4/c1-2-18-11-5-3-4-10(8-11)15-9-12-6-7-13(19-12)14(16)17/h3-5,8,12-13,15H,2,6-7,9H2,1H3,(H,16,17). The molecule has 1 aromatic carbocycles. The van der Waals surface area contributed by atoms with E-state index >= 15 is 0 Å². The first-order valence-electron chi connectivity index (χ1n) is 6.54. The van der Waals surface area contributed by atoms with Crippen molar-refractivity contribution in [3.63, 3.8) is 0 Å². The largest absolute Gasteiger partial charge is 0.494 e. The second-order valence-corrected chi connectivity index (χ2v) is 4.50. The molecule has 1 aliphatic heterocycles. The van der Waals surface area contributed by atoms with Gasteiger partial charge >= 0.3 is 5.97 Å². The molecule has 2 rings (SSSR count). The Labute approximate surface area is 112 Å². The maximum atomic E-state index is 10.8. The maximum absolute atomic E-state index is 10.8. The molecule has 0 spiro atoms. The van der Waals surface area contributed by atoms with Gasteiger partial charge in [-0.1, -0.05) is 6.07 Å². The molecule has 104 valence electrons. The number of carbonyl (C=O) groups is 1. The van der Waals surface area contributed by atoms with E-state index in [4.69, 9.17) is 14.6 Å². The molecule has 5 heteroatoms. The third-order valence-electron chi connectivity index (χ3n) is 3.06. The maximum Gasteiger partial charge on any atom is 0.332 e.